The van der Waals surface area contributed by atoms with E-state index in [2.05, 4.69) is 10.1 Å². The number of rotatable bonds is 4. The van der Waals surface area contributed by atoms with Crippen LogP contribution >= 0.6 is 0 Å². The minimum Gasteiger partial charge on any atom is -0.497 e. The summed E-state index contributed by atoms with van der Waals surface area (Å²) >= 11 is 0. The molecule has 0 radical (unpaired) electrons. The van der Waals surface area contributed by atoms with Crippen LogP contribution in [0.4, 0.5) is 0 Å². The van der Waals surface area contributed by atoms with Crippen molar-refractivity contribution in [2.45, 2.75) is 6.92 Å². The molecule has 0 amide bonds. The Morgan fingerprint density at radius 3 is 2.59 bits per heavy atom. The molecule has 0 bridgehead atoms. The van der Waals surface area contributed by atoms with E-state index < -0.39 is 0 Å². The normalized spacial score (nSPS) is 10.9. The summed E-state index contributed by atoms with van der Waals surface area (Å²) < 4.78 is 7.04. The van der Waals surface area contributed by atoms with Crippen LogP contribution in [-0.2, 0) is 7.05 Å². The molecule has 0 aliphatic heterocycles. The molecule has 27 heavy (non-hydrogen) atoms. The summed E-state index contributed by atoms with van der Waals surface area (Å²) in [5.41, 5.74) is 5.03. The van der Waals surface area contributed by atoms with E-state index >= 15 is 0 Å². The molecule has 0 spiro atoms. The van der Waals surface area contributed by atoms with Crippen molar-refractivity contribution < 1.29 is 9.53 Å². The predicted octanol–water partition coefficient (Wildman–Crippen LogP) is 4.18. The number of carbonyl (C=O) groups is 1. The van der Waals surface area contributed by atoms with Gasteiger partial charge in [-0.05, 0) is 55.0 Å². The Bertz CT molecular complexity index is 1160. The molecule has 0 saturated carbocycles. The Morgan fingerprint density at radius 1 is 1.00 bits per heavy atom. The number of carbonyl (C=O) groups excluding carboxylic acids is 1. The van der Waals surface area contributed by atoms with Gasteiger partial charge in [-0.3, -0.25) is 14.5 Å². The smallest absolute Gasteiger partial charge is 0.193 e. The van der Waals surface area contributed by atoms with Gasteiger partial charge in [-0.25, -0.2) is 0 Å². The summed E-state index contributed by atoms with van der Waals surface area (Å²) in [6.45, 7) is 1.95. The van der Waals surface area contributed by atoms with E-state index in [9.17, 15) is 4.79 Å². The molecule has 0 aliphatic rings. The molecule has 0 atom stereocenters. The maximum atomic E-state index is 13.0. The molecule has 0 fully saturated rings. The van der Waals surface area contributed by atoms with Gasteiger partial charge >= 0.3 is 0 Å². The standard InChI is InChI=1S/C22H19N3O2/c1-14-6-17(10-20(7-14)27-3)22(26)15-4-5-21-16(8-15)9-18(11-23-21)19-12-24-25(2)13-19/h4-13H,1-3H3. The van der Waals surface area contributed by atoms with Gasteiger partial charge in [-0.15, -0.1) is 0 Å². The van der Waals surface area contributed by atoms with Crippen molar-refractivity contribution in [3.8, 4) is 16.9 Å². The van der Waals surface area contributed by atoms with E-state index in [-0.39, 0.29) is 5.78 Å². The zero-order valence-electron chi connectivity index (χ0n) is 15.4. The van der Waals surface area contributed by atoms with Crippen LogP contribution in [0.1, 0.15) is 21.5 Å². The van der Waals surface area contributed by atoms with Crippen LogP contribution in [0.3, 0.4) is 0 Å². The van der Waals surface area contributed by atoms with Gasteiger partial charge in [0.15, 0.2) is 5.78 Å². The lowest BCUT2D eigenvalue weighted by atomic mass is 9.99. The first-order valence-electron chi connectivity index (χ1n) is 8.63. The van der Waals surface area contributed by atoms with Gasteiger partial charge in [0, 0.05) is 47.1 Å². The predicted molar refractivity (Wildman–Crippen MR) is 105 cm³/mol. The number of hydrogen-bond acceptors (Lipinski definition) is 4. The number of aryl methyl sites for hydroxylation is 2. The lowest BCUT2D eigenvalue weighted by Gasteiger charge is -2.08. The second kappa shape index (κ2) is 6.68. The molecule has 0 aliphatic carbocycles. The van der Waals surface area contributed by atoms with Crippen molar-refractivity contribution in [1.82, 2.24) is 14.8 Å². The minimum atomic E-state index is -0.0364. The molecular formula is C22H19N3O2. The molecule has 0 N–H and O–H groups in total. The molecule has 4 aromatic rings. The fourth-order valence-electron chi connectivity index (χ4n) is 3.16. The van der Waals surface area contributed by atoms with E-state index in [0.29, 0.717) is 16.9 Å². The maximum Gasteiger partial charge on any atom is 0.193 e. The molecule has 2 aromatic carbocycles. The van der Waals surface area contributed by atoms with E-state index in [1.54, 1.807) is 24.1 Å². The van der Waals surface area contributed by atoms with Crippen LogP contribution in [0.5, 0.6) is 5.75 Å². The van der Waals surface area contributed by atoms with E-state index in [1.807, 2.05) is 62.8 Å². The van der Waals surface area contributed by atoms with Crippen molar-refractivity contribution in [2.24, 2.45) is 7.05 Å². The zero-order valence-corrected chi connectivity index (χ0v) is 15.4. The van der Waals surface area contributed by atoms with Crippen LogP contribution < -0.4 is 4.74 Å². The Labute approximate surface area is 157 Å². The third-order valence-corrected chi connectivity index (χ3v) is 4.53. The number of aromatic nitrogens is 3. The lowest BCUT2D eigenvalue weighted by Crippen LogP contribution is -2.02. The topological polar surface area (TPSA) is 57.0 Å². The van der Waals surface area contributed by atoms with Crippen molar-refractivity contribution >= 4 is 16.7 Å². The molecular weight excluding hydrogens is 338 g/mol. The highest BCUT2D eigenvalue weighted by Gasteiger charge is 2.12. The summed E-state index contributed by atoms with van der Waals surface area (Å²) in [4.78, 5) is 17.5. The third-order valence-electron chi connectivity index (χ3n) is 4.53. The van der Waals surface area contributed by atoms with Crippen LogP contribution in [0.25, 0.3) is 22.0 Å². The number of ether oxygens (including phenoxy) is 1. The Balaban J connectivity index is 1.76. The fourth-order valence-corrected chi connectivity index (χ4v) is 3.16. The van der Waals surface area contributed by atoms with Crippen molar-refractivity contribution in [3.63, 3.8) is 0 Å². The molecule has 4 rings (SSSR count). The number of methoxy groups -OCH3 is 1. The van der Waals surface area contributed by atoms with Crippen LogP contribution in [0.2, 0.25) is 0 Å². The zero-order chi connectivity index (χ0) is 19.0. The summed E-state index contributed by atoms with van der Waals surface area (Å²) in [6.07, 6.45) is 5.57. The largest absolute Gasteiger partial charge is 0.497 e. The van der Waals surface area contributed by atoms with Gasteiger partial charge in [0.1, 0.15) is 5.75 Å². The first-order chi connectivity index (χ1) is 13.0. The summed E-state index contributed by atoms with van der Waals surface area (Å²) in [5, 5.41) is 5.12. The van der Waals surface area contributed by atoms with E-state index in [0.717, 1.165) is 27.6 Å². The van der Waals surface area contributed by atoms with Crippen molar-refractivity contribution in [3.05, 3.63) is 77.7 Å². The minimum absolute atomic E-state index is 0.0364. The molecule has 0 saturated heterocycles. The Morgan fingerprint density at radius 2 is 1.85 bits per heavy atom. The van der Waals surface area contributed by atoms with Gasteiger partial charge in [-0.1, -0.05) is 0 Å². The van der Waals surface area contributed by atoms with Crippen molar-refractivity contribution in [2.75, 3.05) is 7.11 Å². The Hall–Kier alpha value is -3.47. The average molecular weight is 357 g/mol. The highest BCUT2D eigenvalue weighted by atomic mass is 16.5. The lowest BCUT2D eigenvalue weighted by molar-refractivity contribution is 0.103. The number of fused-ring (bicyclic) bond motifs is 1. The van der Waals surface area contributed by atoms with Crippen LogP contribution in [0.15, 0.2) is 61.1 Å². The summed E-state index contributed by atoms with van der Waals surface area (Å²) in [7, 11) is 3.48. The quantitative estimate of drug-likeness (QED) is 0.514. The monoisotopic (exact) mass is 357 g/mol. The number of ketones is 1. The van der Waals surface area contributed by atoms with Gasteiger partial charge in [0.2, 0.25) is 0 Å². The van der Waals surface area contributed by atoms with E-state index in [4.69, 9.17) is 4.74 Å². The number of benzene rings is 2. The molecule has 2 aromatic heterocycles. The second-order valence-corrected chi connectivity index (χ2v) is 6.60. The third kappa shape index (κ3) is 3.31. The highest BCUT2D eigenvalue weighted by Crippen LogP contribution is 2.25. The van der Waals surface area contributed by atoms with Crippen LogP contribution in [0, 0.1) is 6.92 Å². The maximum absolute atomic E-state index is 13.0. The first kappa shape index (κ1) is 17.0. The van der Waals surface area contributed by atoms with Gasteiger partial charge in [0.05, 0.1) is 18.8 Å². The number of pyridine rings is 1. The number of nitrogens with zero attached hydrogens (tertiary/aromatic N) is 3. The fraction of sp³-hybridized carbons (Fsp3) is 0.136. The van der Waals surface area contributed by atoms with Gasteiger partial charge in [0.25, 0.3) is 0 Å². The number of hydrogen-bond donors (Lipinski definition) is 0. The average Bonchev–Trinajstić information content (AvgIpc) is 3.12. The Kier molecular flexibility index (Phi) is 4.20. The molecule has 0 unspecified atom stereocenters. The van der Waals surface area contributed by atoms with Crippen LogP contribution in [-0.4, -0.2) is 27.7 Å². The highest BCUT2D eigenvalue weighted by molar-refractivity contribution is 6.10. The molecule has 5 nitrogen and oxygen atoms in total. The van der Waals surface area contributed by atoms with Crippen molar-refractivity contribution in [1.29, 1.82) is 0 Å². The molecule has 2 heterocycles. The van der Waals surface area contributed by atoms with Gasteiger partial charge in [-0.2, -0.15) is 5.10 Å². The van der Waals surface area contributed by atoms with E-state index in [1.165, 1.54) is 0 Å². The summed E-state index contributed by atoms with van der Waals surface area (Å²) in [5.74, 6) is 0.644. The summed E-state index contributed by atoms with van der Waals surface area (Å²) in [6, 6.07) is 13.2. The first-order valence-corrected chi connectivity index (χ1v) is 8.63. The SMILES string of the molecule is COc1cc(C)cc(C(=O)c2ccc3ncc(-c4cnn(C)c4)cc3c2)c1. The van der Waals surface area contributed by atoms with Gasteiger partial charge < -0.3 is 4.74 Å². The molecule has 134 valence electrons. The molecule has 5 heteroatoms. The second-order valence-electron chi connectivity index (χ2n) is 6.60.